The molecule has 0 saturated heterocycles. The summed E-state index contributed by atoms with van der Waals surface area (Å²) in [6, 6.07) is 0. The molecule has 2 aliphatic carbocycles. The Balaban J connectivity index is 0.00000200. The molecule has 0 aromatic heterocycles. The average Bonchev–Trinajstić information content (AvgIpc) is 2.89. The quantitative estimate of drug-likeness (QED) is 0.475. The Kier molecular flexibility index (Phi) is 9.51. The van der Waals surface area contributed by atoms with Crippen LogP contribution in [0.15, 0.2) is 42.1 Å². The predicted octanol–water partition coefficient (Wildman–Crippen LogP) is -0.403. The van der Waals surface area contributed by atoms with Crippen LogP contribution in [0.5, 0.6) is 0 Å². The van der Waals surface area contributed by atoms with E-state index in [9.17, 15) is 0 Å². The van der Waals surface area contributed by atoms with E-state index in [0.29, 0.717) is 0 Å². The van der Waals surface area contributed by atoms with Gasteiger partial charge in [0.1, 0.15) is 0 Å². The fraction of sp³-hybridized carbons (Fsp3) is 0.556. The minimum atomic E-state index is -0.740. The predicted molar refractivity (Wildman–Crippen MR) is 80.5 cm³/mol. The Morgan fingerprint density at radius 3 is 1.52 bits per heavy atom. The molecule has 0 fully saturated rings. The summed E-state index contributed by atoms with van der Waals surface area (Å²) in [7, 11) is 0. The molecule has 0 atom stereocenters. The Morgan fingerprint density at radius 2 is 1.19 bits per heavy atom. The molecule has 0 radical (unpaired) electrons. The minimum Gasteiger partial charge on any atom is -1.00 e. The van der Waals surface area contributed by atoms with Crippen molar-refractivity contribution in [3.63, 3.8) is 0 Å². The fourth-order valence-electron chi connectivity index (χ4n) is 2.81. The second-order valence-corrected chi connectivity index (χ2v) is 11.8. The van der Waals surface area contributed by atoms with Crippen molar-refractivity contribution in [2.45, 2.75) is 53.4 Å². The van der Waals surface area contributed by atoms with E-state index in [0.717, 1.165) is 11.8 Å². The monoisotopic (exact) mass is 460 g/mol. The molecule has 0 amide bonds. The van der Waals surface area contributed by atoms with Crippen molar-refractivity contribution in [1.82, 2.24) is 0 Å². The van der Waals surface area contributed by atoms with Crippen LogP contribution in [-0.4, -0.2) is 0 Å². The van der Waals surface area contributed by atoms with Crippen LogP contribution in [0.1, 0.15) is 53.4 Å². The second kappa shape index (κ2) is 9.66. The average molecular weight is 459 g/mol. The van der Waals surface area contributed by atoms with Crippen LogP contribution in [-0.2, 0) is 22.9 Å². The van der Waals surface area contributed by atoms with Crippen molar-refractivity contribution in [1.29, 1.82) is 0 Å². The van der Waals surface area contributed by atoms with Gasteiger partial charge in [0.25, 0.3) is 0 Å². The molecular weight excluding hydrogens is 433 g/mol. The zero-order chi connectivity index (χ0) is 13.8. The van der Waals surface area contributed by atoms with E-state index in [1.54, 1.807) is 11.1 Å². The van der Waals surface area contributed by atoms with Crippen LogP contribution in [0.25, 0.3) is 0 Å². The molecule has 0 bridgehead atoms. The molecule has 116 valence electrons. The molecule has 0 N–H and O–H groups in total. The molecular formula is C18H26F2Hf. The number of rotatable bonds is 6. The summed E-state index contributed by atoms with van der Waals surface area (Å²) < 4.78 is 3.74. The summed E-state index contributed by atoms with van der Waals surface area (Å²) >= 11 is -0.740. The molecule has 0 nitrogen and oxygen atoms in total. The number of hydrogen-bond acceptors (Lipinski definition) is 0. The number of halogens is 2. The van der Waals surface area contributed by atoms with Gasteiger partial charge in [0.15, 0.2) is 0 Å². The maximum Gasteiger partial charge on any atom is -1.00 e. The summed E-state index contributed by atoms with van der Waals surface area (Å²) in [6.07, 6.45) is 14.7. The first-order chi connectivity index (χ1) is 9.06. The van der Waals surface area contributed by atoms with E-state index in [-0.39, 0.29) is 9.41 Å². The third-order valence-corrected chi connectivity index (χ3v) is 9.56. The first-order valence-corrected chi connectivity index (χ1v) is 11.2. The summed E-state index contributed by atoms with van der Waals surface area (Å²) in [5.41, 5.74) is 3.39. The Hall–Kier alpha value is -0.310. The van der Waals surface area contributed by atoms with Gasteiger partial charge in [-0.1, -0.05) is 0 Å². The molecule has 0 aliphatic heterocycles. The SMILES string of the molecule is CC(C)CC1=[C]([Hf+2][C]2=C(CC(C)C)C=CC2)CC=C1.[F-].[F-]. The van der Waals surface area contributed by atoms with Crippen LogP contribution in [0.2, 0.25) is 0 Å². The Labute approximate surface area is 139 Å². The molecule has 0 unspecified atom stereocenters. The van der Waals surface area contributed by atoms with Gasteiger partial charge in [-0.3, -0.25) is 0 Å². The molecule has 0 spiro atoms. The van der Waals surface area contributed by atoms with Crippen LogP contribution in [0.4, 0.5) is 0 Å². The fourth-order valence-corrected chi connectivity index (χ4v) is 8.18. The van der Waals surface area contributed by atoms with Gasteiger partial charge in [0.05, 0.1) is 0 Å². The molecule has 2 aliphatic rings. The standard InChI is InChI=1S/2C9H13.2FH.Hf/c2*1-8(2)7-9-5-3-4-6-9;;;/h2*3,5,8H,4,7H2,1-2H3;2*1H;/q;;;;+2/p-2. The van der Waals surface area contributed by atoms with E-state index in [2.05, 4.69) is 52.0 Å². The summed E-state index contributed by atoms with van der Waals surface area (Å²) in [5.74, 6) is 1.59. The first kappa shape index (κ1) is 20.7. The summed E-state index contributed by atoms with van der Waals surface area (Å²) in [4.78, 5) is 0. The van der Waals surface area contributed by atoms with Crippen LogP contribution in [0.3, 0.4) is 0 Å². The molecule has 0 aromatic carbocycles. The molecule has 0 saturated carbocycles. The van der Waals surface area contributed by atoms with Gasteiger partial charge in [-0.15, -0.1) is 0 Å². The van der Waals surface area contributed by atoms with Crippen LogP contribution in [0, 0.1) is 11.8 Å². The summed E-state index contributed by atoms with van der Waals surface area (Å²) in [5, 5.41) is 0. The maximum atomic E-state index is 2.41. The van der Waals surface area contributed by atoms with Gasteiger partial charge in [0, 0.05) is 0 Å². The van der Waals surface area contributed by atoms with E-state index in [4.69, 9.17) is 0 Å². The third-order valence-electron chi connectivity index (χ3n) is 3.62. The number of hydrogen-bond donors (Lipinski definition) is 0. The molecule has 21 heavy (non-hydrogen) atoms. The van der Waals surface area contributed by atoms with Gasteiger partial charge >= 0.3 is 130 Å². The van der Waals surface area contributed by atoms with Gasteiger partial charge in [-0.2, -0.15) is 0 Å². The van der Waals surface area contributed by atoms with E-state index in [1.165, 1.54) is 25.7 Å². The van der Waals surface area contributed by atoms with Gasteiger partial charge in [0.2, 0.25) is 0 Å². The van der Waals surface area contributed by atoms with Crippen LogP contribution < -0.4 is 9.41 Å². The van der Waals surface area contributed by atoms with Crippen molar-refractivity contribution in [2.75, 3.05) is 0 Å². The van der Waals surface area contributed by atoms with Gasteiger partial charge < -0.3 is 9.41 Å². The zero-order valence-corrected chi connectivity index (χ0v) is 17.1. The van der Waals surface area contributed by atoms with Crippen LogP contribution >= 0.6 is 0 Å². The van der Waals surface area contributed by atoms with E-state index >= 15 is 0 Å². The minimum absolute atomic E-state index is 0. The van der Waals surface area contributed by atoms with Gasteiger partial charge in [-0.05, 0) is 0 Å². The third kappa shape index (κ3) is 6.14. The zero-order valence-electron chi connectivity index (χ0n) is 13.5. The van der Waals surface area contributed by atoms with Crippen molar-refractivity contribution in [2.24, 2.45) is 11.8 Å². The smallest absolute Gasteiger partial charge is 1.00 e. The topological polar surface area (TPSA) is 0 Å². The molecule has 0 heterocycles. The normalized spacial score (nSPS) is 16.7. The van der Waals surface area contributed by atoms with Crippen molar-refractivity contribution >= 4 is 0 Å². The Bertz CT molecular complexity index is 412. The molecule has 3 heteroatoms. The molecule has 0 aromatic rings. The van der Waals surface area contributed by atoms with Crippen molar-refractivity contribution in [3.05, 3.63) is 42.1 Å². The number of allylic oxidation sites excluding steroid dienone is 8. The summed E-state index contributed by atoms with van der Waals surface area (Å²) in [6.45, 7) is 9.35. The van der Waals surface area contributed by atoms with E-state index in [1.807, 2.05) is 6.66 Å². The van der Waals surface area contributed by atoms with Crippen molar-refractivity contribution < 1.29 is 32.3 Å². The van der Waals surface area contributed by atoms with Crippen molar-refractivity contribution in [3.8, 4) is 0 Å². The largest absolute Gasteiger partial charge is 1.00 e. The Morgan fingerprint density at radius 1 is 0.810 bits per heavy atom. The second-order valence-electron chi connectivity index (χ2n) is 6.54. The molecule has 2 rings (SSSR count). The maximum absolute atomic E-state index is 2.41. The van der Waals surface area contributed by atoms with Gasteiger partial charge in [-0.25, -0.2) is 0 Å². The van der Waals surface area contributed by atoms with E-state index < -0.39 is 22.9 Å². The first-order valence-electron chi connectivity index (χ1n) is 7.60.